The molecule has 0 saturated carbocycles. The number of ether oxygens (including phenoxy) is 1. The van der Waals surface area contributed by atoms with Gasteiger partial charge in [-0.15, -0.1) is 0 Å². The number of fused-ring (bicyclic) bond motifs is 1. The lowest BCUT2D eigenvalue weighted by Gasteiger charge is -2.13. The van der Waals surface area contributed by atoms with Crippen molar-refractivity contribution in [2.75, 3.05) is 13.2 Å². The Morgan fingerprint density at radius 1 is 1.12 bits per heavy atom. The van der Waals surface area contributed by atoms with Crippen molar-refractivity contribution < 1.29 is 9.13 Å². The average molecular weight is 321 g/mol. The molecule has 0 amide bonds. The van der Waals surface area contributed by atoms with E-state index in [1.165, 1.54) is 17.7 Å². The molecule has 0 N–H and O–H groups in total. The molecule has 0 saturated heterocycles. The summed E-state index contributed by atoms with van der Waals surface area (Å²) in [4.78, 5) is 13.5. The van der Waals surface area contributed by atoms with E-state index in [1.807, 2.05) is 19.1 Å². The number of aromatic nitrogens is 3. The fraction of sp³-hybridized carbons (Fsp3) is 0.211. The zero-order valence-corrected chi connectivity index (χ0v) is 13.3. The van der Waals surface area contributed by atoms with Crippen LogP contribution in [0.25, 0.3) is 27.9 Å². The Bertz CT molecular complexity index is 935. The van der Waals surface area contributed by atoms with Crippen LogP contribution < -0.4 is 0 Å². The second-order valence-electron chi connectivity index (χ2n) is 5.78. The maximum Gasteiger partial charge on any atom is 0.161 e. The smallest absolute Gasteiger partial charge is 0.161 e. The van der Waals surface area contributed by atoms with E-state index in [9.17, 15) is 4.39 Å². The van der Waals surface area contributed by atoms with E-state index in [2.05, 4.69) is 21.0 Å². The predicted octanol–water partition coefficient (Wildman–Crippen LogP) is 3.94. The number of hydrogen-bond acceptors (Lipinski definition) is 4. The molecule has 4 nitrogen and oxygen atoms in total. The van der Waals surface area contributed by atoms with E-state index in [0.717, 1.165) is 35.4 Å². The van der Waals surface area contributed by atoms with Crippen molar-refractivity contribution in [1.29, 1.82) is 0 Å². The fourth-order valence-electron chi connectivity index (χ4n) is 2.87. The second kappa shape index (κ2) is 6.09. The van der Waals surface area contributed by atoms with Crippen molar-refractivity contribution in [3.05, 3.63) is 59.8 Å². The molecular weight excluding hydrogens is 305 g/mol. The maximum atomic E-state index is 13.5. The van der Waals surface area contributed by atoms with Crippen molar-refractivity contribution in [3.63, 3.8) is 0 Å². The number of rotatable bonds is 2. The molecule has 0 spiro atoms. The van der Waals surface area contributed by atoms with Gasteiger partial charge in [-0.1, -0.05) is 6.08 Å². The van der Waals surface area contributed by atoms with Crippen LogP contribution in [0.15, 0.2) is 42.6 Å². The first-order chi connectivity index (χ1) is 11.7. The van der Waals surface area contributed by atoms with Gasteiger partial charge in [-0.05, 0) is 43.2 Å². The van der Waals surface area contributed by atoms with Crippen molar-refractivity contribution in [2.45, 2.75) is 13.3 Å². The molecule has 0 fully saturated rings. The Balaban J connectivity index is 1.73. The standard InChI is InChI=1S/C19H16FN3O/c1-12-16-4-3-15(20)10-18(16)23-19(22-12)14-2-5-17(21-11-14)13-6-8-24-9-7-13/h2-6,10-11H,7-9H2,1H3. The van der Waals surface area contributed by atoms with Crippen LogP contribution in [-0.4, -0.2) is 28.2 Å². The Hall–Kier alpha value is -2.66. The highest BCUT2D eigenvalue weighted by molar-refractivity contribution is 5.82. The summed E-state index contributed by atoms with van der Waals surface area (Å²) in [6.45, 7) is 3.27. The summed E-state index contributed by atoms with van der Waals surface area (Å²) in [5.41, 5.74) is 4.40. The normalized spacial score (nSPS) is 14.7. The molecule has 120 valence electrons. The van der Waals surface area contributed by atoms with Crippen molar-refractivity contribution in [1.82, 2.24) is 15.0 Å². The summed E-state index contributed by atoms with van der Waals surface area (Å²) in [6.07, 6.45) is 4.70. The van der Waals surface area contributed by atoms with Gasteiger partial charge in [-0.2, -0.15) is 0 Å². The summed E-state index contributed by atoms with van der Waals surface area (Å²) in [5.74, 6) is 0.261. The third-order valence-electron chi connectivity index (χ3n) is 4.16. The van der Waals surface area contributed by atoms with Crippen LogP contribution in [0.2, 0.25) is 0 Å². The number of aryl methyl sites for hydroxylation is 1. The molecule has 1 aromatic carbocycles. The molecule has 0 bridgehead atoms. The van der Waals surface area contributed by atoms with Gasteiger partial charge in [0.25, 0.3) is 0 Å². The predicted molar refractivity (Wildman–Crippen MR) is 90.9 cm³/mol. The van der Waals surface area contributed by atoms with Gasteiger partial charge in [0.15, 0.2) is 5.82 Å². The molecule has 0 unspecified atom stereocenters. The molecule has 0 radical (unpaired) electrons. The minimum atomic E-state index is -0.300. The minimum Gasteiger partial charge on any atom is -0.377 e. The lowest BCUT2D eigenvalue weighted by atomic mass is 10.1. The van der Waals surface area contributed by atoms with E-state index in [4.69, 9.17) is 4.74 Å². The third-order valence-corrected chi connectivity index (χ3v) is 4.16. The van der Waals surface area contributed by atoms with Gasteiger partial charge in [0.1, 0.15) is 5.82 Å². The van der Waals surface area contributed by atoms with Gasteiger partial charge in [-0.3, -0.25) is 4.98 Å². The SMILES string of the molecule is Cc1nc(-c2ccc(C3=CCOCC3)nc2)nc2cc(F)ccc12. The van der Waals surface area contributed by atoms with Crippen molar-refractivity contribution in [2.24, 2.45) is 0 Å². The van der Waals surface area contributed by atoms with Crippen LogP contribution >= 0.6 is 0 Å². The van der Waals surface area contributed by atoms with Gasteiger partial charge in [0, 0.05) is 28.9 Å². The summed E-state index contributed by atoms with van der Waals surface area (Å²) in [6, 6.07) is 8.50. The summed E-state index contributed by atoms with van der Waals surface area (Å²) in [5, 5.41) is 0.858. The van der Waals surface area contributed by atoms with Crippen LogP contribution in [0.4, 0.5) is 4.39 Å². The largest absolute Gasteiger partial charge is 0.377 e. The topological polar surface area (TPSA) is 47.9 Å². The number of hydrogen-bond donors (Lipinski definition) is 0. The van der Waals surface area contributed by atoms with E-state index in [0.29, 0.717) is 17.9 Å². The molecule has 0 atom stereocenters. The first-order valence-electron chi connectivity index (χ1n) is 7.88. The molecular formula is C19H16FN3O. The van der Waals surface area contributed by atoms with Crippen LogP contribution in [-0.2, 0) is 4.74 Å². The zero-order chi connectivity index (χ0) is 16.5. The highest BCUT2D eigenvalue weighted by Gasteiger charge is 2.11. The fourth-order valence-corrected chi connectivity index (χ4v) is 2.87. The van der Waals surface area contributed by atoms with Crippen LogP contribution in [0.1, 0.15) is 17.8 Å². The summed E-state index contributed by atoms with van der Waals surface area (Å²) >= 11 is 0. The van der Waals surface area contributed by atoms with Gasteiger partial charge in [-0.25, -0.2) is 14.4 Å². The van der Waals surface area contributed by atoms with E-state index in [1.54, 1.807) is 12.3 Å². The van der Waals surface area contributed by atoms with Crippen LogP contribution in [0.5, 0.6) is 0 Å². The van der Waals surface area contributed by atoms with E-state index in [-0.39, 0.29) is 5.82 Å². The molecule has 3 heterocycles. The number of benzene rings is 1. The molecule has 5 heteroatoms. The molecule has 24 heavy (non-hydrogen) atoms. The highest BCUT2D eigenvalue weighted by Crippen LogP contribution is 2.24. The quantitative estimate of drug-likeness (QED) is 0.717. The summed E-state index contributed by atoms with van der Waals surface area (Å²) < 4.78 is 18.8. The number of pyridine rings is 1. The minimum absolute atomic E-state index is 0.300. The monoisotopic (exact) mass is 321 g/mol. The molecule has 3 aromatic rings. The maximum absolute atomic E-state index is 13.5. The third kappa shape index (κ3) is 2.78. The Morgan fingerprint density at radius 3 is 2.79 bits per heavy atom. The molecule has 1 aliphatic rings. The second-order valence-corrected chi connectivity index (χ2v) is 5.78. The number of halogens is 1. The van der Waals surface area contributed by atoms with Crippen LogP contribution in [0, 0.1) is 12.7 Å². The Labute approximate surface area is 139 Å². The van der Waals surface area contributed by atoms with E-state index < -0.39 is 0 Å². The Kier molecular flexibility index (Phi) is 3.78. The van der Waals surface area contributed by atoms with Gasteiger partial charge < -0.3 is 4.74 Å². The first kappa shape index (κ1) is 14.9. The molecule has 1 aliphatic heterocycles. The van der Waals surface area contributed by atoms with Crippen molar-refractivity contribution >= 4 is 16.5 Å². The first-order valence-corrected chi connectivity index (χ1v) is 7.88. The van der Waals surface area contributed by atoms with Crippen molar-refractivity contribution in [3.8, 4) is 11.4 Å². The molecule has 2 aromatic heterocycles. The van der Waals surface area contributed by atoms with Gasteiger partial charge in [0.2, 0.25) is 0 Å². The molecule has 4 rings (SSSR count). The number of nitrogens with zero attached hydrogens (tertiary/aromatic N) is 3. The average Bonchev–Trinajstić information content (AvgIpc) is 2.62. The lowest BCUT2D eigenvalue weighted by Crippen LogP contribution is -2.04. The van der Waals surface area contributed by atoms with Gasteiger partial charge in [0.05, 0.1) is 24.4 Å². The van der Waals surface area contributed by atoms with Gasteiger partial charge >= 0.3 is 0 Å². The van der Waals surface area contributed by atoms with E-state index >= 15 is 0 Å². The summed E-state index contributed by atoms with van der Waals surface area (Å²) in [7, 11) is 0. The Morgan fingerprint density at radius 2 is 2.04 bits per heavy atom. The zero-order valence-electron chi connectivity index (χ0n) is 13.3. The highest BCUT2D eigenvalue weighted by atomic mass is 19.1. The van der Waals surface area contributed by atoms with Crippen LogP contribution in [0.3, 0.4) is 0 Å². The molecule has 0 aliphatic carbocycles. The lowest BCUT2D eigenvalue weighted by molar-refractivity contribution is 0.161.